The van der Waals surface area contributed by atoms with Crippen molar-refractivity contribution in [1.29, 1.82) is 0 Å². The molecule has 0 aliphatic heterocycles. The lowest BCUT2D eigenvalue weighted by molar-refractivity contribution is 0.229. The average molecular weight is 455 g/mol. The van der Waals surface area contributed by atoms with E-state index in [0.717, 1.165) is 36.6 Å². The number of methoxy groups -OCH3 is 1. The van der Waals surface area contributed by atoms with E-state index in [9.17, 15) is 8.42 Å². The molecule has 1 saturated carbocycles. The Labute approximate surface area is 190 Å². The van der Waals surface area contributed by atoms with Crippen LogP contribution >= 0.6 is 0 Å². The molecule has 1 fully saturated rings. The molecule has 4 rings (SSSR count). The van der Waals surface area contributed by atoms with Crippen LogP contribution in [0.25, 0.3) is 10.9 Å². The van der Waals surface area contributed by atoms with Crippen molar-refractivity contribution in [1.82, 2.24) is 9.29 Å². The Kier molecular flexibility index (Phi) is 6.67. The first kappa shape index (κ1) is 22.6. The number of pyridine rings is 1. The van der Waals surface area contributed by atoms with E-state index in [1.807, 2.05) is 50.2 Å². The van der Waals surface area contributed by atoms with Crippen LogP contribution in [0.3, 0.4) is 0 Å². The van der Waals surface area contributed by atoms with Gasteiger partial charge in [0.15, 0.2) is 11.5 Å². The monoisotopic (exact) mass is 454 g/mol. The van der Waals surface area contributed by atoms with Crippen molar-refractivity contribution in [3.8, 4) is 11.5 Å². The summed E-state index contributed by atoms with van der Waals surface area (Å²) in [5, 5.41) is 0.817. The predicted molar refractivity (Wildman–Crippen MR) is 125 cm³/mol. The molecule has 1 aliphatic rings. The third-order valence-electron chi connectivity index (χ3n) is 5.84. The fourth-order valence-electron chi connectivity index (χ4n) is 4.36. The molecule has 0 radical (unpaired) electrons. The fraction of sp³-hybridized carbons (Fsp3) is 0.400. The molecular weight excluding hydrogens is 424 g/mol. The van der Waals surface area contributed by atoms with Gasteiger partial charge in [0.2, 0.25) is 10.0 Å². The molecule has 32 heavy (non-hydrogen) atoms. The van der Waals surface area contributed by atoms with Crippen LogP contribution in [0.15, 0.2) is 59.6 Å². The Hall–Kier alpha value is -2.64. The Morgan fingerprint density at radius 2 is 1.81 bits per heavy atom. The van der Waals surface area contributed by atoms with Gasteiger partial charge in [-0.25, -0.2) is 8.42 Å². The van der Waals surface area contributed by atoms with Crippen LogP contribution in [0.4, 0.5) is 0 Å². The third-order valence-corrected chi connectivity index (χ3v) is 7.77. The zero-order chi connectivity index (χ0) is 22.7. The van der Waals surface area contributed by atoms with E-state index in [-0.39, 0.29) is 23.6 Å². The minimum Gasteiger partial charge on any atom is -0.493 e. The zero-order valence-electron chi connectivity index (χ0n) is 18.8. The molecule has 1 heterocycles. The summed E-state index contributed by atoms with van der Waals surface area (Å²) in [6.45, 7) is 4.18. The molecule has 2 aromatic carbocycles. The highest BCUT2D eigenvalue weighted by Crippen LogP contribution is 2.34. The summed E-state index contributed by atoms with van der Waals surface area (Å²) in [5.41, 5.74) is 1.38. The lowest BCUT2D eigenvalue weighted by Gasteiger charge is -2.29. The number of rotatable bonds is 8. The summed E-state index contributed by atoms with van der Waals surface area (Å²) in [7, 11) is -2.16. The highest BCUT2D eigenvalue weighted by atomic mass is 32.2. The van der Waals surface area contributed by atoms with Crippen LogP contribution in [0.2, 0.25) is 0 Å². The maximum atomic E-state index is 14.0. The summed E-state index contributed by atoms with van der Waals surface area (Å²) < 4.78 is 40.9. The maximum absolute atomic E-state index is 14.0. The average Bonchev–Trinajstić information content (AvgIpc) is 3.31. The van der Waals surface area contributed by atoms with Gasteiger partial charge in [0.25, 0.3) is 0 Å². The largest absolute Gasteiger partial charge is 0.493 e. The molecule has 0 N–H and O–H groups in total. The molecule has 0 bridgehead atoms. The fourth-order valence-corrected chi connectivity index (χ4v) is 6.20. The number of hydrogen-bond donors (Lipinski definition) is 0. The van der Waals surface area contributed by atoms with Crippen LogP contribution in [0.5, 0.6) is 11.5 Å². The highest BCUT2D eigenvalue weighted by molar-refractivity contribution is 7.89. The summed E-state index contributed by atoms with van der Waals surface area (Å²) in [6.07, 6.45) is 5.42. The van der Waals surface area contributed by atoms with E-state index in [1.54, 1.807) is 29.7 Å². The summed E-state index contributed by atoms with van der Waals surface area (Å²) in [4.78, 5) is 4.65. The first-order valence-electron chi connectivity index (χ1n) is 11.1. The van der Waals surface area contributed by atoms with Gasteiger partial charge >= 0.3 is 0 Å². The number of benzene rings is 2. The smallest absolute Gasteiger partial charge is 0.245 e. The van der Waals surface area contributed by atoms with E-state index < -0.39 is 10.0 Å². The SMILES string of the molecule is COc1ccc(CN(C2CCCC2)S(=O)(=O)c2cccc3cccnc23)cc1OC(C)C. The predicted octanol–water partition coefficient (Wildman–Crippen LogP) is 5.16. The first-order chi connectivity index (χ1) is 15.4. The van der Waals surface area contributed by atoms with Gasteiger partial charge in [-0.15, -0.1) is 0 Å². The maximum Gasteiger partial charge on any atom is 0.245 e. The molecule has 0 atom stereocenters. The highest BCUT2D eigenvalue weighted by Gasteiger charge is 2.34. The second-order valence-electron chi connectivity index (χ2n) is 8.47. The molecule has 0 spiro atoms. The normalized spacial score (nSPS) is 15.0. The summed E-state index contributed by atoms with van der Waals surface area (Å²) >= 11 is 0. The van der Waals surface area contributed by atoms with Crippen molar-refractivity contribution >= 4 is 20.9 Å². The second kappa shape index (κ2) is 9.46. The van der Waals surface area contributed by atoms with Crippen molar-refractivity contribution in [3.63, 3.8) is 0 Å². The molecule has 170 valence electrons. The van der Waals surface area contributed by atoms with Gasteiger partial charge in [-0.2, -0.15) is 4.31 Å². The first-order valence-corrected chi connectivity index (χ1v) is 12.5. The van der Waals surface area contributed by atoms with Gasteiger partial charge in [-0.3, -0.25) is 4.98 Å². The molecular formula is C25H30N2O4S. The molecule has 6 nitrogen and oxygen atoms in total. The molecule has 3 aromatic rings. The van der Waals surface area contributed by atoms with E-state index in [4.69, 9.17) is 9.47 Å². The number of hydrogen-bond acceptors (Lipinski definition) is 5. The number of fused-ring (bicyclic) bond motifs is 1. The van der Waals surface area contributed by atoms with E-state index in [1.165, 1.54) is 0 Å². The van der Waals surface area contributed by atoms with Crippen LogP contribution in [0.1, 0.15) is 45.1 Å². The van der Waals surface area contributed by atoms with E-state index in [0.29, 0.717) is 17.0 Å². The minimum absolute atomic E-state index is 0.0180. The minimum atomic E-state index is -3.76. The Balaban J connectivity index is 1.75. The molecule has 0 amide bonds. The Morgan fingerprint density at radius 1 is 1.06 bits per heavy atom. The molecule has 0 saturated heterocycles. The van der Waals surface area contributed by atoms with Gasteiger partial charge in [0.1, 0.15) is 4.90 Å². The van der Waals surface area contributed by atoms with Crippen LogP contribution in [0, 0.1) is 0 Å². The van der Waals surface area contributed by atoms with Crippen molar-refractivity contribution in [2.75, 3.05) is 7.11 Å². The van der Waals surface area contributed by atoms with Gasteiger partial charge < -0.3 is 9.47 Å². The standard InChI is InChI=1S/C25H30N2O4S/c1-18(2)31-23-16-19(13-14-22(23)30-3)17-27(21-10-4-5-11-21)32(28,29)24-12-6-8-20-9-7-15-26-25(20)24/h6-9,12-16,18,21H,4-5,10-11,17H2,1-3H3. The van der Waals surface area contributed by atoms with Gasteiger partial charge in [0.05, 0.1) is 18.7 Å². The lowest BCUT2D eigenvalue weighted by Crippen LogP contribution is -2.38. The number of para-hydroxylation sites is 1. The summed E-state index contributed by atoms with van der Waals surface area (Å²) in [5.74, 6) is 1.26. The van der Waals surface area contributed by atoms with Gasteiger partial charge in [-0.05, 0) is 56.5 Å². The van der Waals surface area contributed by atoms with Crippen LogP contribution < -0.4 is 9.47 Å². The zero-order valence-corrected chi connectivity index (χ0v) is 19.6. The number of aromatic nitrogens is 1. The quantitative estimate of drug-likeness (QED) is 0.470. The second-order valence-corrected chi connectivity index (χ2v) is 10.3. The number of ether oxygens (including phenoxy) is 2. The van der Waals surface area contributed by atoms with Crippen molar-refractivity contribution in [3.05, 3.63) is 60.3 Å². The van der Waals surface area contributed by atoms with Crippen molar-refractivity contribution in [2.24, 2.45) is 0 Å². The van der Waals surface area contributed by atoms with Crippen LogP contribution in [-0.4, -0.2) is 37.0 Å². The summed E-state index contributed by atoms with van der Waals surface area (Å²) in [6, 6.07) is 14.6. The number of nitrogens with zero attached hydrogens (tertiary/aromatic N) is 2. The number of sulfonamides is 1. The van der Waals surface area contributed by atoms with Gasteiger partial charge in [0, 0.05) is 24.2 Å². The lowest BCUT2D eigenvalue weighted by atomic mass is 10.1. The van der Waals surface area contributed by atoms with E-state index >= 15 is 0 Å². The van der Waals surface area contributed by atoms with Crippen LogP contribution in [-0.2, 0) is 16.6 Å². The van der Waals surface area contributed by atoms with Gasteiger partial charge in [-0.1, -0.05) is 37.1 Å². The third kappa shape index (κ3) is 4.59. The molecule has 0 unspecified atom stereocenters. The topological polar surface area (TPSA) is 68.7 Å². The van der Waals surface area contributed by atoms with Crippen molar-refractivity contribution in [2.45, 2.75) is 63.1 Å². The Morgan fingerprint density at radius 3 is 2.53 bits per heavy atom. The Bertz CT molecular complexity index is 1180. The van der Waals surface area contributed by atoms with Crippen molar-refractivity contribution < 1.29 is 17.9 Å². The molecule has 1 aromatic heterocycles. The molecule has 1 aliphatic carbocycles. The molecule has 7 heteroatoms. The van der Waals surface area contributed by atoms with E-state index in [2.05, 4.69) is 4.98 Å².